The normalized spacial score (nSPS) is 11.8. The van der Waals surface area contributed by atoms with E-state index in [-0.39, 0.29) is 31.1 Å². The van der Waals surface area contributed by atoms with E-state index in [4.69, 9.17) is 9.47 Å². The Bertz CT molecular complexity index is 477. The maximum Gasteiger partial charge on any atom is 0.407 e. The van der Waals surface area contributed by atoms with Gasteiger partial charge in [-0.25, -0.2) is 4.79 Å². The van der Waals surface area contributed by atoms with Gasteiger partial charge in [-0.2, -0.15) is 0 Å². The maximum absolute atomic E-state index is 11.9. The third kappa shape index (κ3) is 8.21. The third-order valence-corrected chi connectivity index (χ3v) is 3.26. The molecule has 1 aromatic rings. The van der Waals surface area contributed by atoms with Gasteiger partial charge in [-0.05, 0) is 18.4 Å². The van der Waals surface area contributed by atoms with Crippen LogP contribution in [-0.2, 0) is 20.9 Å². The number of alkyl carbamates (subject to hydrolysis) is 1. The van der Waals surface area contributed by atoms with E-state index >= 15 is 0 Å². The first-order valence-electron chi connectivity index (χ1n) is 7.86. The number of esters is 1. The first kappa shape index (κ1) is 19.0. The van der Waals surface area contributed by atoms with Crippen LogP contribution in [0, 0.1) is 5.92 Å². The second-order valence-corrected chi connectivity index (χ2v) is 5.49. The summed E-state index contributed by atoms with van der Waals surface area (Å²) in [5.41, 5.74) is 0.934. The van der Waals surface area contributed by atoms with Crippen molar-refractivity contribution in [1.29, 1.82) is 0 Å². The molecular weight excluding hydrogens is 296 g/mol. The Morgan fingerprint density at radius 1 is 1.13 bits per heavy atom. The van der Waals surface area contributed by atoms with Gasteiger partial charge in [0.1, 0.15) is 6.61 Å². The highest BCUT2D eigenvalue weighted by Crippen LogP contribution is 2.03. The minimum absolute atomic E-state index is 0.123. The third-order valence-electron chi connectivity index (χ3n) is 3.26. The summed E-state index contributed by atoms with van der Waals surface area (Å²) in [4.78, 5) is 23.2. The van der Waals surface area contributed by atoms with E-state index < -0.39 is 6.09 Å². The molecular formula is C17H26N2O4. The zero-order valence-electron chi connectivity index (χ0n) is 14.0. The number of benzene rings is 1. The van der Waals surface area contributed by atoms with Gasteiger partial charge in [0, 0.05) is 12.6 Å². The first-order chi connectivity index (χ1) is 11.0. The van der Waals surface area contributed by atoms with Gasteiger partial charge in [-0.15, -0.1) is 0 Å². The van der Waals surface area contributed by atoms with E-state index in [0.717, 1.165) is 5.56 Å². The SMILES string of the molecule is CCOC(=O)CNC[C@@H](NC(=O)OCc1ccccc1)C(C)C. The van der Waals surface area contributed by atoms with Gasteiger partial charge in [0.25, 0.3) is 0 Å². The first-order valence-corrected chi connectivity index (χ1v) is 7.86. The van der Waals surface area contributed by atoms with Crippen LogP contribution in [0.5, 0.6) is 0 Å². The van der Waals surface area contributed by atoms with Crippen molar-refractivity contribution in [2.24, 2.45) is 5.92 Å². The number of hydrogen-bond acceptors (Lipinski definition) is 5. The molecule has 1 aromatic carbocycles. The molecule has 128 valence electrons. The van der Waals surface area contributed by atoms with Crippen LogP contribution < -0.4 is 10.6 Å². The van der Waals surface area contributed by atoms with Crippen molar-refractivity contribution in [3.8, 4) is 0 Å². The molecule has 1 atom stereocenters. The molecule has 0 aliphatic heterocycles. The summed E-state index contributed by atoms with van der Waals surface area (Å²) < 4.78 is 10.0. The van der Waals surface area contributed by atoms with Crippen molar-refractivity contribution in [3.05, 3.63) is 35.9 Å². The summed E-state index contributed by atoms with van der Waals surface area (Å²) in [5.74, 6) is -0.101. The Kier molecular flexibility index (Phi) is 8.75. The van der Waals surface area contributed by atoms with E-state index in [9.17, 15) is 9.59 Å². The molecule has 0 fully saturated rings. The van der Waals surface area contributed by atoms with E-state index in [1.165, 1.54) is 0 Å². The summed E-state index contributed by atoms with van der Waals surface area (Å²) >= 11 is 0. The number of amides is 1. The molecule has 1 amide bonds. The lowest BCUT2D eigenvalue weighted by Gasteiger charge is -2.22. The predicted octanol–water partition coefficient (Wildman–Crippen LogP) is 2.09. The molecule has 1 rings (SSSR count). The second-order valence-electron chi connectivity index (χ2n) is 5.49. The molecule has 0 aliphatic rings. The molecule has 0 radical (unpaired) electrons. The van der Waals surface area contributed by atoms with Gasteiger partial charge in [-0.3, -0.25) is 4.79 Å². The quantitative estimate of drug-likeness (QED) is 0.681. The number of hydrogen-bond donors (Lipinski definition) is 2. The molecule has 0 aromatic heterocycles. The largest absolute Gasteiger partial charge is 0.465 e. The fourth-order valence-electron chi connectivity index (χ4n) is 1.91. The average Bonchev–Trinajstić information content (AvgIpc) is 2.53. The molecule has 23 heavy (non-hydrogen) atoms. The van der Waals surface area contributed by atoms with Crippen molar-refractivity contribution < 1.29 is 19.1 Å². The van der Waals surface area contributed by atoms with Gasteiger partial charge < -0.3 is 20.1 Å². The summed E-state index contributed by atoms with van der Waals surface area (Å²) in [5, 5.41) is 5.80. The van der Waals surface area contributed by atoms with E-state index in [2.05, 4.69) is 10.6 Å². The highest BCUT2D eigenvalue weighted by molar-refractivity contribution is 5.71. The summed E-state index contributed by atoms with van der Waals surface area (Å²) in [7, 11) is 0. The van der Waals surface area contributed by atoms with Crippen molar-refractivity contribution in [1.82, 2.24) is 10.6 Å². The number of ether oxygens (including phenoxy) is 2. The van der Waals surface area contributed by atoms with Crippen LogP contribution in [0.25, 0.3) is 0 Å². The van der Waals surface area contributed by atoms with Crippen molar-refractivity contribution in [2.75, 3.05) is 19.7 Å². The highest BCUT2D eigenvalue weighted by atomic mass is 16.5. The van der Waals surface area contributed by atoms with Crippen molar-refractivity contribution >= 4 is 12.1 Å². The molecule has 0 bridgehead atoms. The van der Waals surface area contributed by atoms with Crippen LogP contribution in [0.1, 0.15) is 26.3 Å². The number of carbonyl (C=O) groups excluding carboxylic acids is 2. The van der Waals surface area contributed by atoms with Crippen LogP contribution in [0.4, 0.5) is 4.79 Å². The molecule has 0 spiro atoms. The highest BCUT2D eigenvalue weighted by Gasteiger charge is 2.17. The summed E-state index contributed by atoms with van der Waals surface area (Å²) in [6, 6.07) is 9.36. The van der Waals surface area contributed by atoms with Crippen LogP contribution in [0.15, 0.2) is 30.3 Å². The standard InChI is InChI=1S/C17H26N2O4/c1-4-22-16(20)11-18-10-15(13(2)3)19-17(21)23-12-14-8-6-5-7-9-14/h5-9,13,15,18H,4,10-12H2,1-3H3,(H,19,21)/t15-/m1/s1. The van der Waals surface area contributed by atoms with Crippen molar-refractivity contribution in [3.63, 3.8) is 0 Å². The molecule has 0 saturated carbocycles. The summed E-state index contributed by atoms with van der Waals surface area (Å²) in [6.45, 7) is 6.93. The lowest BCUT2D eigenvalue weighted by molar-refractivity contribution is -0.142. The van der Waals surface area contributed by atoms with Crippen LogP contribution in [0.2, 0.25) is 0 Å². The van der Waals surface area contributed by atoms with E-state index in [1.54, 1.807) is 6.92 Å². The lowest BCUT2D eigenvalue weighted by atomic mass is 10.0. The number of nitrogens with one attached hydrogen (secondary N) is 2. The van der Waals surface area contributed by atoms with E-state index in [1.807, 2.05) is 44.2 Å². The predicted molar refractivity (Wildman–Crippen MR) is 87.9 cm³/mol. The molecule has 0 unspecified atom stereocenters. The molecule has 0 heterocycles. The minimum Gasteiger partial charge on any atom is -0.465 e. The monoisotopic (exact) mass is 322 g/mol. The Labute approximate surface area is 137 Å². The molecule has 2 N–H and O–H groups in total. The Morgan fingerprint density at radius 2 is 1.83 bits per heavy atom. The summed E-state index contributed by atoms with van der Waals surface area (Å²) in [6.07, 6.45) is -0.467. The second kappa shape index (κ2) is 10.6. The number of carbonyl (C=O) groups is 2. The van der Waals surface area contributed by atoms with Crippen LogP contribution in [-0.4, -0.2) is 37.8 Å². The van der Waals surface area contributed by atoms with Crippen molar-refractivity contribution in [2.45, 2.75) is 33.4 Å². The molecule has 0 aliphatic carbocycles. The van der Waals surface area contributed by atoms with Gasteiger partial charge in [0.2, 0.25) is 0 Å². The van der Waals surface area contributed by atoms with Gasteiger partial charge >= 0.3 is 12.1 Å². The van der Waals surface area contributed by atoms with Gasteiger partial charge in [0.15, 0.2) is 0 Å². The fourth-order valence-corrected chi connectivity index (χ4v) is 1.91. The lowest BCUT2D eigenvalue weighted by Crippen LogP contribution is -2.46. The van der Waals surface area contributed by atoms with Crippen LogP contribution in [0.3, 0.4) is 0 Å². The molecule has 0 saturated heterocycles. The van der Waals surface area contributed by atoms with Crippen LogP contribution >= 0.6 is 0 Å². The Balaban J connectivity index is 2.33. The van der Waals surface area contributed by atoms with Gasteiger partial charge in [0.05, 0.1) is 13.2 Å². The Morgan fingerprint density at radius 3 is 2.43 bits per heavy atom. The van der Waals surface area contributed by atoms with E-state index in [0.29, 0.717) is 13.2 Å². The average molecular weight is 322 g/mol. The smallest absolute Gasteiger partial charge is 0.407 e. The topological polar surface area (TPSA) is 76.7 Å². The molecule has 6 nitrogen and oxygen atoms in total. The number of rotatable bonds is 9. The zero-order valence-corrected chi connectivity index (χ0v) is 14.0. The minimum atomic E-state index is -0.467. The maximum atomic E-state index is 11.9. The molecule has 6 heteroatoms. The zero-order chi connectivity index (χ0) is 17.1. The Hall–Kier alpha value is -2.08. The fraction of sp³-hybridized carbons (Fsp3) is 0.529. The van der Waals surface area contributed by atoms with Gasteiger partial charge in [-0.1, -0.05) is 44.2 Å².